The van der Waals surface area contributed by atoms with Gasteiger partial charge < -0.3 is 5.11 Å². The van der Waals surface area contributed by atoms with Crippen LogP contribution in [0.25, 0.3) is 11.1 Å². The third kappa shape index (κ3) is 2.54. The van der Waals surface area contributed by atoms with Gasteiger partial charge in [-0.25, -0.2) is 0 Å². The minimum atomic E-state index is -0.152. The van der Waals surface area contributed by atoms with Crippen LogP contribution in [0.3, 0.4) is 0 Å². The van der Waals surface area contributed by atoms with Crippen molar-refractivity contribution >= 4 is 6.29 Å². The Labute approximate surface area is 111 Å². The van der Waals surface area contributed by atoms with Gasteiger partial charge in [-0.05, 0) is 47.4 Å². The summed E-state index contributed by atoms with van der Waals surface area (Å²) in [5.41, 5.74) is 4.58. The maximum atomic E-state index is 11.0. The van der Waals surface area contributed by atoms with E-state index in [2.05, 4.69) is 6.07 Å². The Kier molecular flexibility index (Phi) is 3.74. The number of aliphatic hydroxyl groups is 1. The molecule has 19 heavy (non-hydrogen) atoms. The minimum absolute atomic E-state index is 0.152. The number of carbonyl (C=O) groups excluding carboxylic acids is 1. The van der Waals surface area contributed by atoms with Gasteiger partial charge in [0.05, 0.1) is 18.2 Å². The highest BCUT2D eigenvalue weighted by atomic mass is 16.3. The van der Waals surface area contributed by atoms with Gasteiger partial charge in [0.2, 0.25) is 0 Å². The molecular formula is C16H13NO2. The highest BCUT2D eigenvalue weighted by Crippen LogP contribution is 2.26. The van der Waals surface area contributed by atoms with E-state index in [1.807, 2.05) is 25.1 Å². The molecule has 3 nitrogen and oxygen atoms in total. The van der Waals surface area contributed by atoms with Crippen molar-refractivity contribution in [3.05, 3.63) is 58.7 Å². The van der Waals surface area contributed by atoms with Gasteiger partial charge in [-0.2, -0.15) is 5.26 Å². The van der Waals surface area contributed by atoms with Crippen molar-refractivity contribution in [1.29, 1.82) is 5.26 Å². The van der Waals surface area contributed by atoms with Gasteiger partial charge >= 0.3 is 0 Å². The summed E-state index contributed by atoms with van der Waals surface area (Å²) in [5, 5.41) is 18.0. The highest BCUT2D eigenvalue weighted by molar-refractivity contribution is 5.81. The Morgan fingerprint density at radius 2 is 2.05 bits per heavy atom. The molecule has 94 valence electrons. The number of rotatable bonds is 3. The molecule has 2 aromatic rings. The van der Waals surface area contributed by atoms with Crippen LogP contribution in [0.15, 0.2) is 36.4 Å². The van der Waals surface area contributed by atoms with Gasteiger partial charge in [0.15, 0.2) is 0 Å². The maximum absolute atomic E-state index is 11.0. The summed E-state index contributed by atoms with van der Waals surface area (Å²) in [6.45, 7) is 1.78. The van der Waals surface area contributed by atoms with E-state index >= 15 is 0 Å². The summed E-state index contributed by atoms with van der Waals surface area (Å²) in [6.07, 6.45) is 0.744. The van der Waals surface area contributed by atoms with E-state index in [-0.39, 0.29) is 6.61 Å². The van der Waals surface area contributed by atoms with Crippen molar-refractivity contribution < 1.29 is 9.90 Å². The molecule has 0 amide bonds. The van der Waals surface area contributed by atoms with E-state index < -0.39 is 0 Å². The number of hydrogen-bond donors (Lipinski definition) is 1. The van der Waals surface area contributed by atoms with Crippen LogP contribution in [-0.2, 0) is 6.61 Å². The summed E-state index contributed by atoms with van der Waals surface area (Å²) in [4.78, 5) is 11.0. The van der Waals surface area contributed by atoms with Crippen LogP contribution in [-0.4, -0.2) is 11.4 Å². The van der Waals surface area contributed by atoms with E-state index in [0.29, 0.717) is 16.7 Å². The van der Waals surface area contributed by atoms with Gasteiger partial charge in [-0.15, -0.1) is 0 Å². The Morgan fingerprint density at radius 1 is 1.26 bits per heavy atom. The topological polar surface area (TPSA) is 61.1 Å². The third-order valence-electron chi connectivity index (χ3n) is 3.11. The van der Waals surface area contributed by atoms with Gasteiger partial charge in [-0.3, -0.25) is 4.79 Å². The maximum Gasteiger partial charge on any atom is 0.150 e. The molecule has 2 aromatic carbocycles. The Bertz CT molecular complexity index is 669. The standard InChI is InChI=1S/C16H13NO2/c1-11-6-12(8-17)2-5-16(11)13-3-4-14(9-18)15(7-13)10-19/h2-7,10,18H,9H2,1H3. The molecule has 0 bridgehead atoms. The molecule has 2 rings (SSSR count). The molecule has 0 aliphatic carbocycles. The second-order valence-electron chi connectivity index (χ2n) is 4.33. The first-order chi connectivity index (χ1) is 9.19. The van der Waals surface area contributed by atoms with Gasteiger partial charge in [0.1, 0.15) is 6.29 Å². The normalized spacial score (nSPS) is 9.95. The highest BCUT2D eigenvalue weighted by Gasteiger charge is 2.07. The van der Waals surface area contributed by atoms with Crippen molar-refractivity contribution in [2.45, 2.75) is 13.5 Å². The second-order valence-corrected chi connectivity index (χ2v) is 4.33. The SMILES string of the molecule is Cc1cc(C#N)ccc1-c1ccc(CO)c(C=O)c1. The van der Waals surface area contributed by atoms with Crippen LogP contribution in [0, 0.1) is 18.3 Å². The lowest BCUT2D eigenvalue weighted by atomic mass is 9.95. The van der Waals surface area contributed by atoms with Crippen molar-refractivity contribution in [2.75, 3.05) is 0 Å². The van der Waals surface area contributed by atoms with E-state index in [9.17, 15) is 4.79 Å². The second kappa shape index (κ2) is 5.47. The van der Waals surface area contributed by atoms with E-state index in [1.165, 1.54) is 0 Å². The number of aldehydes is 1. The quantitative estimate of drug-likeness (QED) is 0.853. The average Bonchev–Trinajstić information content (AvgIpc) is 2.46. The zero-order valence-corrected chi connectivity index (χ0v) is 10.6. The average molecular weight is 251 g/mol. The molecule has 0 spiro atoms. The minimum Gasteiger partial charge on any atom is -0.392 e. The Hall–Kier alpha value is -2.44. The molecule has 0 radical (unpaired) electrons. The van der Waals surface area contributed by atoms with E-state index in [1.54, 1.807) is 18.2 Å². The van der Waals surface area contributed by atoms with Crippen molar-refractivity contribution in [3.8, 4) is 17.2 Å². The van der Waals surface area contributed by atoms with Crippen LogP contribution >= 0.6 is 0 Å². The predicted octanol–water partition coefficient (Wildman–Crippen LogP) is 2.84. The summed E-state index contributed by atoms with van der Waals surface area (Å²) in [7, 11) is 0. The van der Waals surface area contributed by atoms with Crippen molar-refractivity contribution in [1.82, 2.24) is 0 Å². The van der Waals surface area contributed by atoms with Crippen LogP contribution in [0.4, 0.5) is 0 Å². The number of hydrogen-bond acceptors (Lipinski definition) is 3. The third-order valence-corrected chi connectivity index (χ3v) is 3.11. The summed E-state index contributed by atoms with van der Waals surface area (Å²) >= 11 is 0. The first-order valence-corrected chi connectivity index (χ1v) is 5.89. The Balaban J connectivity index is 2.54. The largest absolute Gasteiger partial charge is 0.392 e. The fourth-order valence-corrected chi connectivity index (χ4v) is 2.07. The van der Waals surface area contributed by atoms with Gasteiger partial charge in [0, 0.05) is 5.56 Å². The van der Waals surface area contributed by atoms with Crippen LogP contribution in [0.2, 0.25) is 0 Å². The molecular weight excluding hydrogens is 238 g/mol. The summed E-state index contributed by atoms with van der Waals surface area (Å²) in [6, 6.07) is 12.9. The molecule has 1 N–H and O–H groups in total. The van der Waals surface area contributed by atoms with E-state index in [0.717, 1.165) is 23.0 Å². The zero-order valence-electron chi connectivity index (χ0n) is 10.6. The molecule has 0 aliphatic heterocycles. The zero-order chi connectivity index (χ0) is 13.8. The molecule has 0 atom stereocenters. The lowest BCUT2D eigenvalue weighted by Gasteiger charge is -2.09. The smallest absolute Gasteiger partial charge is 0.150 e. The number of benzene rings is 2. The van der Waals surface area contributed by atoms with Crippen LogP contribution < -0.4 is 0 Å². The van der Waals surface area contributed by atoms with Gasteiger partial charge in [0.25, 0.3) is 0 Å². The van der Waals surface area contributed by atoms with Crippen LogP contribution in [0.5, 0.6) is 0 Å². The predicted molar refractivity (Wildman–Crippen MR) is 72.6 cm³/mol. The monoisotopic (exact) mass is 251 g/mol. The molecule has 0 aliphatic rings. The molecule has 0 fully saturated rings. The van der Waals surface area contributed by atoms with Crippen molar-refractivity contribution in [3.63, 3.8) is 0 Å². The van der Waals surface area contributed by atoms with Gasteiger partial charge in [-0.1, -0.05) is 18.2 Å². The Morgan fingerprint density at radius 3 is 2.63 bits per heavy atom. The summed E-state index contributed by atoms with van der Waals surface area (Å²) in [5.74, 6) is 0. The lowest BCUT2D eigenvalue weighted by molar-refractivity contribution is 0.112. The number of carbonyl (C=O) groups is 1. The fourth-order valence-electron chi connectivity index (χ4n) is 2.07. The fraction of sp³-hybridized carbons (Fsp3) is 0.125. The summed E-state index contributed by atoms with van der Waals surface area (Å²) < 4.78 is 0. The number of aryl methyl sites for hydroxylation is 1. The van der Waals surface area contributed by atoms with Crippen LogP contribution in [0.1, 0.15) is 27.0 Å². The lowest BCUT2D eigenvalue weighted by Crippen LogP contribution is -1.94. The molecule has 0 aromatic heterocycles. The molecule has 3 heteroatoms. The molecule has 0 saturated carbocycles. The first kappa shape index (κ1) is 13.0. The molecule has 0 unspecified atom stereocenters. The number of aliphatic hydroxyl groups excluding tert-OH is 1. The molecule has 0 heterocycles. The first-order valence-electron chi connectivity index (χ1n) is 5.89. The number of nitriles is 1. The van der Waals surface area contributed by atoms with Crippen molar-refractivity contribution in [2.24, 2.45) is 0 Å². The number of nitrogens with zero attached hydrogens (tertiary/aromatic N) is 1. The molecule has 0 saturated heterocycles. The van der Waals surface area contributed by atoms with E-state index in [4.69, 9.17) is 10.4 Å².